The van der Waals surface area contributed by atoms with Crippen LogP contribution in [0.2, 0.25) is 5.02 Å². The number of halogens is 3. The van der Waals surface area contributed by atoms with E-state index < -0.39 is 0 Å². The van der Waals surface area contributed by atoms with Gasteiger partial charge in [0.15, 0.2) is 0 Å². The number of nitrogens with one attached hydrogen (secondary N) is 1. The summed E-state index contributed by atoms with van der Waals surface area (Å²) >= 11 is 12.7. The average molecular weight is 443 g/mol. The van der Waals surface area contributed by atoms with Crippen LogP contribution in [0.4, 0.5) is 5.69 Å². The number of hydrogen-bond donors (Lipinski definition) is 1. The fraction of sp³-hybridized carbons (Fsp3) is 0. The van der Waals surface area contributed by atoms with Crippen LogP contribution in [0, 0.1) is 3.57 Å². The van der Waals surface area contributed by atoms with Gasteiger partial charge >= 0.3 is 0 Å². The lowest BCUT2D eigenvalue weighted by Gasteiger charge is -2.06. The van der Waals surface area contributed by atoms with E-state index >= 15 is 0 Å². The van der Waals surface area contributed by atoms with Crippen molar-refractivity contribution in [3.8, 4) is 0 Å². The van der Waals surface area contributed by atoms with Crippen LogP contribution in [0.15, 0.2) is 34.1 Å². The standard InChI is InChI=1S/C11H6BrClINOS/c12-10-4-3-9(17-10)11(16)15-8-2-1-6(13)5-7(8)14/h1-5H,(H,15,16). The summed E-state index contributed by atoms with van der Waals surface area (Å²) in [6.07, 6.45) is 0. The molecule has 88 valence electrons. The molecule has 2 rings (SSSR count). The van der Waals surface area contributed by atoms with E-state index in [2.05, 4.69) is 43.8 Å². The Labute approximate surface area is 130 Å². The highest BCUT2D eigenvalue weighted by atomic mass is 127. The van der Waals surface area contributed by atoms with E-state index in [-0.39, 0.29) is 5.91 Å². The van der Waals surface area contributed by atoms with Crippen molar-refractivity contribution >= 4 is 73.1 Å². The molecule has 0 aliphatic rings. The summed E-state index contributed by atoms with van der Waals surface area (Å²) in [6, 6.07) is 9.00. The maximum absolute atomic E-state index is 11.9. The molecule has 0 fully saturated rings. The SMILES string of the molecule is O=C(Nc1ccc(Cl)cc1I)c1ccc(Br)s1. The average Bonchev–Trinajstić information content (AvgIpc) is 2.69. The lowest BCUT2D eigenvalue weighted by Crippen LogP contribution is -2.10. The first-order valence-corrected chi connectivity index (χ1v) is 7.64. The number of carbonyl (C=O) groups is 1. The van der Waals surface area contributed by atoms with Crippen LogP contribution in [0.5, 0.6) is 0 Å². The molecule has 0 bridgehead atoms. The quantitative estimate of drug-likeness (QED) is 0.650. The minimum Gasteiger partial charge on any atom is -0.320 e. The highest BCUT2D eigenvalue weighted by Gasteiger charge is 2.10. The maximum Gasteiger partial charge on any atom is 0.265 e. The summed E-state index contributed by atoms with van der Waals surface area (Å²) < 4.78 is 1.85. The zero-order valence-corrected chi connectivity index (χ0v) is 13.7. The molecule has 2 aromatic rings. The van der Waals surface area contributed by atoms with E-state index in [1.165, 1.54) is 11.3 Å². The molecule has 0 atom stereocenters. The van der Waals surface area contributed by atoms with Crippen molar-refractivity contribution in [1.82, 2.24) is 0 Å². The molecular weight excluding hydrogens is 436 g/mol. The topological polar surface area (TPSA) is 29.1 Å². The molecule has 2 nitrogen and oxygen atoms in total. The van der Waals surface area contributed by atoms with Gasteiger partial charge in [0, 0.05) is 8.59 Å². The van der Waals surface area contributed by atoms with Crippen molar-refractivity contribution in [2.24, 2.45) is 0 Å². The van der Waals surface area contributed by atoms with Gasteiger partial charge in [-0.3, -0.25) is 4.79 Å². The summed E-state index contributed by atoms with van der Waals surface area (Å²) in [5, 5.41) is 3.51. The first-order chi connectivity index (χ1) is 8.06. The smallest absolute Gasteiger partial charge is 0.265 e. The molecule has 0 unspecified atom stereocenters. The molecule has 1 heterocycles. The van der Waals surface area contributed by atoms with E-state index in [0.29, 0.717) is 9.90 Å². The Balaban J connectivity index is 2.18. The number of thiophene rings is 1. The molecule has 0 aliphatic carbocycles. The van der Waals surface area contributed by atoms with E-state index in [0.717, 1.165) is 13.0 Å². The summed E-state index contributed by atoms with van der Waals surface area (Å²) in [4.78, 5) is 12.6. The second-order valence-corrected chi connectivity index (χ2v) is 7.24. The molecule has 1 N–H and O–H groups in total. The zero-order chi connectivity index (χ0) is 12.4. The van der Waals surface area contributed by atoms with Crippen LogP contribution in [0.1, 0.15) is 9.67 Å². The van der Waals surface area contributed by atoms with Gasteiger partial charge in [0.05, 0.1) is 14.4 Å². The predicted molar refractivity (Wildman–Crippen MR) is 84.1 cm³/mol. The van der Waals surface area contributed by atoms with Gasteiger partial charge in [-0.1, -0.05) is 11.6 Å². The Morgan fingerprint density at radius 3 is 2.71 bits per heavy atom. The van der Waals surface area contributed by atoms with E-state index in [9.17, 15) is 4.79 Å². The number of benzene rings is 1. The van der Waals surface area contributed by atoms with Crippen molar-refractivity contribution in [2.45, 2.75) is 0 Å². The molecule has 0 saturated carbocycles. The van der Waals surface area contributed by atoms with Crippen LogP contribution < -0.4 is 5.32 Å². The Hall–Kier alpha value is -0.110. The molecule has 0 spiro atoms. The monoisotopic (exact) mass is 441 g/mol. The van der Waals surface area contributed by atoms with Gasteiger partial charge in [0.2, 0.25) is 0 Å². The van der Waals surface area contributed by atoms with Crippen molar-refractivity contribution in [2.75, 3.05) is 5.32 Å². The largest absolute Gasteiger partial charge is 0.320 e. The van der Waals surface area contributed by atoms with Crippen LogP contribution in [-0.2, 0) is 0 Å². The van der Waals surface area contributed by atoms with E-state index in [1.54, 1.807) is 18.2 Å². The van der Waals surface area contributed by atoms with Crippen LogP contribution >= 0.6 is 61.5 Å². The molecular formula is C11H6BrClINOS. The molecule has 1 amide bonds. The number of anilines is 1. The van der Waals surface area contributed by atoms with Crippen molar-refractivity contribution in [3.63, 3.8) is 0 Å². The molecule has 17 heavy (non-hydrogen) atoms. The van der Waals surface area contributed by atoms with Crippen LogP contribution in [0.3, 0.4) is 0 Å². The third-order valence-corrected chi connectivity index (χ3v) is 4.73. The third kappa shape index (κ3) is 3.43. The summed E-state index contributed by atoms with van der Waals surface area (Å²) in [7, 11) is 0. The predicted octanol–water partition coefficient (Wildman–Crippen LogP) is 5.02. The third-order valence-electron chi connectivity index (χ3n) is 1.98. The van der Waals surface area contributed by atoms with Crippen molar-refractivity contribution in [1.29, 1.82) is 0 Å². The lowest BCUT2D eigenvalue weighted by molar-refractivity contribution is 0.103. The van der Waals surface area contributed by atoms with Crippen LogP contribution in [-0.4, -0.2) is 5.91 Å². The minimum atomic E-state index is -0.110. The van der Waals surface area contributed by atoms with Gasteiger partial charge in [-0.15, -0.1) is 11.3 Å². The van der Waals surface area contributed by atoms with Gasteiger partial charge in [-0.2, -0.15) is 0 Å². The fourth-order valence-electron chi connectivity index (χ4n) is 1.21. The Kier molecular flexibility index (Phi) is 4.46. The molecule has 0 saturated heterocycles. The number of rotatable bonds is 2. The van der Waals surface area contributed by atoms with Crippen LogP contribution in [0.25, 0.3) is 0 Å². The number of hydrogen-bond acceptors (Lipinski definition) is 2. The zero-order valence-electron chi connectivity index (χ0n) is 8.34. The van der Waals surface area contributed by atoms with Gasteiger partial charge < -0.3 is 5.32 Å². The van der Waals surface area contributed by atoms with Gasteiger partial charge in [-0.25, -0.2) is 0 Å². The highest BCUT2D eigenvalue weighted by molar-refractivity contribution is 14.1. The van der Waals surface area contributed by atoms with Gasteiger partial charge in [0.25, 0.3) is 5.91 Å². The molecule has 1 aromatic carbocycles. The first-order valence-electron chi connectivity index (χ1n) is 4.58. The second kappa shape index (κ2) is 5.69. The van der Waals surface area contributed by atoms with Crippen molar-refractivity contribution in [3.05, 3.63) is 47.6 Å². The minimum absolute atomic E-state index is 0.110. The summed E-state index contributed by atoms with van der Waals surface area (Å²) in [5.74, 6) is -0.110. The molecule has 1 aromatic heterocycles. The summed E-state index contributed by atoms with van der Waals surface area (Å²) in [5.41, 5.74) is 0.768. The second-order valence-electron chi connectivity index (χ2n) is 3.18. The van der Waals surface area contributed by atoms with Crippen molar-refractivity contribution < 1.29 is 4.79 Å². The Morgan fingerprint density at radius 2 is 2.12 bits per heavy atom. The Morgan fingerprint density at radius 1 is 1.35 bits per heavy atom. The molecule has 0 aliphatic heterocycles. The highest BCUT2D eigenvalue weighted by Crippen LogP contribution is 2.25. The number of carbonyl (C=O) groups excluding carboxylic acids is 1. The van der Waals surface area contributed by atoms with Gasteiger partial charge in [-0.05, 0) is 68.9 Å². The lowest BCUT2D eigenvalue weighted by atomic mass is 10.3. The fourth-order valence-corrected chi connectivity index (χ4v) is 3.50. The molecule has 0 radical (unpaired) electrons. The molecule has 6 heteroatoms. The maximum atomic E-state index is 11.9. The van der Waals surface area contributed by atoms with E-state index in [1.807, 2.05) is 12.1 Å². The number of amides is 1. The normalized spacial score (nSPS) is 10.3. The Bertz CT molecular complexity index is 572. The van der Waals surface area contributed by atoms with Gasteiger partial charge in [0.1, 0.15) is 0 Å². The van der Waals surface area contributed by atoms with E-state index in [4.69, 9.17) is 11.6 Å². The summed E-state index contributed by atoms with van der Waals surface area (Å²) in [6.45, 7) is 0. The first kappa shape index (κ1) is 13.3.